The van der Waals surface area contributed by atoms with E-state index in [4.69, 9.17) is 10.5 Å². The fraction of sp³-hybridized carbons (Fsp3) is 0.300. The predicted octanol–water partition coefficient (Wildman–Crippen LogP) is 3.31. The molecule has 3 rings (SSSR count). The van der Waals surface area contributed by atoms with E-state index in [2.05, 4.69) is 11.5 Å². The summed E-state index contributed by atoms with van der Waals surface area (Å²) < 4.78 is 32.3. The maximum Gasteiger partial charge on any atom is 0.211 e. The first-order valence-corrected chi connectivity index (χ1v) is 10.6. The van der Waals surface area contributed by atoms with E-state index in [1.54, 1.807) is 14.2 Å². The SMILES string of the molecule is CCn1c(-c2cccc(CN(C)S(C)(=O)=O)c2)c(N)c2ccc(OC)cc21. The van der Waals surface area contributed by atoms with Gasteiger partial charge in [-0.15, -0.1) is 0 Å². The third kappa shape index (κ3) is 3.65. The van der Waals surface area contributed by atoms with Crippen LogP contribution in [0.1, 0.15) is 12.5 Å². The summed E-state index contributed by atoms with van der Waals surface area (Å²) in [6, 6.07) is 13.7. The minimum atomic E-state index is -3.24. The van der Waals surface area contributed by atoms with Crippen molar-refractivity contribution in [1.29, 1.82) is 0 Å². The van der Waals surface area contributed by atoms with Crippen LogP contribution < -0.4 is 10.5 Å². The molecule has 0 saturated carbocycles. The van der Waals surface area contributed by atoms with Crippen molar-refractivity contribution in [2.45, 2.75) is 20.0 Å². The first-order valence-electron chi connectivity index (χ1n) is 8.72. The third-order valence-corrected chi connectivity index (χ3v) is 6.06. The second kappa shape index (κ2) is 7.25. The molecule has 2 N–H and O–H groups in total. The highest BCUT2D eigenvalue weighted by Crippen LogP contribution is 2.37. The van der Waals surface area contributed by atoms with Crippen LogP contribution in [-0.4, -0.2) is 37.7 Å². The number of fused-ring (bicyclic) bond motifs is 1. The van der Waals surface area contributed by atoms with Gasteiger partial charge in [0.2, 0.25) is 10.0 Å². The van der Waals surface area contributed by atoms with E-state index in [-0.39, 0.29) is 0 Å². The van der Waals surface area contributed by atoms with E-state index in [0.717, 1.165) is 40.0 Å². The van der Waals surface area contributed by atoms with E-state index in [9.17, 15) is 8.42 Å². The van der Waals surface area contributed by atoms with Gasteiger partial charge in [-0.05, 0) is 30.7 Å². The van der Waals surface area contributed by atoms with E-state index in [1.165, 1.54) is 10.6 Å². The molecule has 144 valence electrons. The van der Waals surface area contributed by atoms with Gasteiger partial charge >= 0.3 is 0 Å². The number of nitrogens with two attached hydrogens (primary N) is 1. The van der Waals surface area contributed by atoms with Crippen LogP contribution in [0.15, 0.2) is 42.5 Å². The Morgan fingerprint density at radius 2 is 1.93 bits per heavy atom. The number of anilines is 1. The Kier molecular flexibility index (Phi) is 5.17. The number of hydrogen-bond acceptors (Lipinski definition) is 4. The molecule has 0 aliphatic heterocycles. The van der Waals surface area contributed by atoms with Crippen molar-refractivity contribution < 1.29 is 13.2 Å². The zero-order chi connectivity index (χ0) is 19.8. The van der Waals surface area contributed by atoms with Gasteiger partial charge in [-0.1, -0.05) is 18.2 Å². The molecule has 0 atom stereocenters. The molecule has 0 spiro atoms. The molecule has 27 heavy (non-hydrogen) atoms. The molecular formula is C20H25N3O3S. The topological polar surface area (TPSA) is 77.6 Å². The summed E-state index contributed by atoms with van der Waals surface area (Å²) in [5.41, 5.74) is 11.0. The largest absolute Gasteiger partial charge is 0.497 e. The number of methoxy groups -OCH3 is 1. The summed E-state index contributed by atoms with van der Waals surface area (Å²) >= 11 is 0. The lowest BCUT2D eigenvalue weighted by atomic mass is 10.1. The molecule has 0 amide bonds. The summed E-state index contributed by atoms with van der Waals surface area (Å²) in [7, 11) is -0.0178. The van der Waals surface area contributed by atoms with Crippen LogP contribution in [0, 0.1) is 0 Å². The first kappa shape index (κ1) is 19.3. The average Bonchev–Trinajstić information content (AvgIpc) is 2.92. The monoisotopic (exact) mass is 387 g/mol. The summed E-state index contributed by atoms with van der Waals surface area (Å²) in [6.07, 6.45) is 1.21. The van der Waals surface area contributed by atoms with Gasteiger partial charge in [0, 0.05) is 37.2 Å². The summed E-state index contributed by atoms with van der Waals surface area (Å²) in [4.78, 5) is 0. The van der Waals surface area contributed by atoms with Gasteiger partial charge in [0.25, 0.3) is 0 Å². The number of sulfonamides is 1. The molecule has 2 aromatic carbocycles. The molecule has 0 bridgehead atoms. The standard InChI is InChI=1S/C20H25N3O3S/c1-5-23-18-12-16(26-3)9-10-17(18)19(21)20(23)15-8-6-7-14(11-15)13-22(2)27(4,24)25/h6-12H,5,13,21H2,1-4H3. The Hall–Kier alpha value is -2.51. The lowest BCUT2D eigenvalue weighted by molar-refractivity contribution is 0.415. The minimum Gasteiger partial charge on any atom is -0.497 e. The molecule has 3 aromatic rings. The summed E-state index contributed by atoms with van der Waals surface area (Å²) in [6.45, 7) is 3.14. The second-order valence-electron chi connectivity index (χ2n) is 6.61. The molecule has 7 heteroatoms. The average molecular weight is 388 g/mol. The summed E-state index contributed by atoms with van der Waals surface area (Å²) in [5.74, 6) is 0.782. The fourth-order valence-electron chi connectivity index (χ4n) is 3.31. The lowest BCUT2D eigenvalue weighted by Crippen LogP contribution is -2.24. The molecule has 1 aromatic heterocycles. The van der Waals surface area contributed by atoms with Crippen molar-refractivity contribution in [2.75, 3.05) is 26.1 Å². The van der Waals surface area contributed by atoms with Crippen LogP contribution in [0.5, 0.6) is 5.75 Å². The summed E-state index contributed by atoms with van der Waals surface area (Å²) in [5, 5.41) is 0.978. The molecule has 0 aliphatic carbocycles. The molecule has 0 saturated heterocycles. The number of ether oxygens (including phenoxy) is 1. The van der Waals surface area contributed by atoms with Crippen molar-refractivity contribution in [3.8, 4) is 17.0 Å². The van der Waals surface area contributed by atoms with Crippen LogP contribution in [0.25, 0.3) is 22.2 Å². The first-order chi connectivity index (χ1) is 12.8. The maximum absolute atomic E-state index is 11.7. The second-order valence-corrected chi connectivity index (χ2v) is 8.70. The number of rotatable bonds is 6. The van der Waals surface area contributed by atoms with Crippen molar-refractivity contribution >= 4 is 26.6 Å². The Bertz CT molecular complexity index is 1090. The normalized spacial score (nSPS) is 12.0. The predicted molar refractivity (Wildman–Crippen MR) is 110 cm³/mol. The van der Waals surface area contributed by atoms with Gasteiger partial charge < -0.3 is 15.0 Å². The van der Waals surface area contributed by atoms with E-state index in [1.807, 2.05) is 42.5 Å². The van der Waals surface area contributed by atoms with Crippen molar-refractivity contribution in [3.05, 3.63) is 48.0 Å². The van der Waals surface area contributed by atoms with E-state index < -0.39 is 10.0 Å². The zero-order valence-electron chi connectivity index (χ0n) is 16.1. The van der Waals surface area contributed by atoms with Gasteiger partial charge in [-0.3, -0.25) is 0 Å². The molecule has 0 fully saturated rings. The smallest absolute Gasteiger partial charge is 0.211 e. The van der Waals surface area contributed by atoms with Gasteiger partial charge in [-0.25, -0.2) is 12.7 Å². The van der Waals surface area contributed by atoms with E-state index in [0.29, 0.717) is 12.2 Å². The van der Waals surface area contributed by atoms with E-state index >= 15 is 0 Å². The van der Waals surface area contributed by atoms with Crippen molar-refractivity contribution in [3.63, 3.8) is 0 Å². The van der Waals surface area contributed by atoms with Gasteiger partial charge in [0.15, 0.2) is 0 Å². The van der Waals surface area contributed by atoms with Crippen molar-refractivity contribution in [1.82, 2.24) is 8.87 Å². The van der Waals surface area contributed by atoms with Crippen LogP contribution in [-0.2, 0) is 23.1 Å². The van der Waals surface area contributed by atoms with Gasteiger partial charge in [-0.2, -0.15) is 0 Å². The number of aromatic nitrogens is 1. The minimum absolute atomic E-state index is 0.312. The van der Waals surface area contributed by atoms with Gasteiger partial charge in [0.05, 0.1) is 30.3 Å². The number of benzene rings is 2. The highest BCUT2D eigenvalue weighted by molar-refractivity contribution is 7.88. The highest BCUT2D eigenvalue weighted by Gasteiger charge is 2.17. The molecular weight excluding hydrogens is 362 g/mol. The van der Waals surface area contributed by atoms with Crippen LogP contribution in [0.4, 0.5) is 5.69 Å². The Morgan fingerprint density at radius 3 is 2.56 bits per heavy atom. The zero-order valence-corrected chi connectivity index (χ0v) is 16.9. The Morgan fingerprint density at radius 1 is 1.19 bits per heavy atom. The maximum atomic E-state index is 11.7. The van der Waals surface area contributed by atoms with Crippen LogP contribution in [0.2, 0.25) is 0 Å². The lowest BCUT2D eigenvalue weighted by Gasteiger charge is -2.15. The van der Waals surface area contributed by atoms with Crippen LogP contribution in [0.3, 0.4) is 0 Å². The number of aryl methyl sites for hydroxylation is 1. The molecule has 0 unspecified atom stereocenters. The van der Waals surface area contributed by atoms with Gasteiger partial charge in [0.1, 0.15) is 5.75 Å². The third-order valence-electron chi connectivity index (χ3n) is 4.80. The fourth-order valence-corrected chi connectivity index (χ4v) is 3.70. The molecule has 1 heterocycles. The number of nitrogen functional groups attached to an aromatic ring is 1. The Labute approximate surface area is 160 Å². The molecule has 6 nitrogen and oxygen atoms in total. The molecule has 0 aliphatic rings. The van der Waals surface area contributed by atoms with Crippen LogP contribution >= 0.6 is 0 Å². The number of hydrogen-bond donors (Lipinski definition) is 1. The number of nitrogens with zero attached hydrogens (tertiary/aromatic N) is 2. The van der Waals surface area contributed by atoms with Crippen molar-refractivity contribution in [2.24, 2.45) is 0 Å². The Balaban J connectivity index is 2.12. The molecule has 0 radical (unpaired) electrons. The quantitative estimate of drug-likeness (QED) is 0.704. The highest BCUT2D eigenvalue weighted by atomic mass is 32.2.